The Morgan fingerprint density at radius 3 is 2.21 bits per heavy atom. The van der Waals surface area contributed by atoms with Gasteiger partial charge in [-0.25, -0.2) is 8.42 Å². The molecular formula is C23H28Cl3N3O4S. The Hall–Kier alpha value is -2.00. The van der Waals surface area contributed by atoms with E-state index in [2.05, 4.69) is 5.32 Å². The normalized spacial score (nSPS) is 12.2. The number of nitrogens with zero attached hydrogens (tertiary/aromatic N) is 2. The Balaban J connectivity index is 2.51. The highest BCUT2D eigenvalue weighted by Gasteiger charge is 2.32. The van der Waals surface area contributed by atoms with Gasteiger partial charge in [0.2, 0.25) is 21.8 Å². The van der Waals surface area contributed by atoms with E-state index in [1.165, 1.54) is 11.0 Å². The average molecular weight is 549 g/mol. The van der Waals surface area contributed by atoms with Crippen molar-refractivity contribution in [3.05, 3.63) is 62.6 Å². The minimum atomic E-state index is -3.85. The molecule has 2 aromatic carbocycles. The van der Waals surface area contributed by atoms with E-state index in [1.54, 1.807) is 51.1 Å². The SMILES string of the molecule is CCNC(=O)[C@H](CC)N(Cc1ccc(Cl)cc1Cl)C(=O)CN(c1cc(Cl)ccc1C)S(C)(=O)=O. The predicted octanol–water partition coefficient (Wildman–Crippen LogP) is 4.66. The van der Waals surface area contributed by atoms with Gasteiger partial charge in [-0.3, -0.25) is 13.9 Å². The fraction of sp³-hybridized carbons (Fsp3) is 0.391. The first kappa shape index (κ1) is 28.2. The van der Waals surface area contributed by atoms with Gasteiger partial charge in [-0.2, -0.15) is 0 Å². The molecule has 0 aliphatic carbocycles. The molecule has 0 saturated carbocycles. The van der Waals surface area contributed by atoms with Gasteiger partial charge in [0.15, 0.2) is 0 Å². The van der Waals surface area contributed by atoms with Crippen molar-refractivity contribution in [3.63, 3.8) is 0 Å². The summed E-state index contributed by atoms with van der Waals surface area (Å²) in [4.78, 5) is 27.7. The van der Waals surface area contributed by atoms with E-state index >= 15 is 0 Å². The van der Waals surface area contributed by atoms with Gasteiger partial charge in [0.05, 0.1) is 11.9 Å². The number of sulfonamides is 1. The van der Waals surface area contributed by atoms with Crippen LogP contribution in [0, 0.1) is 6.92 Å². The molecule has 0 aliphatic heterocycles. The number of nitrogens with one attached hydrogen (secondary N) is 1. The summed E-state index contributed by atoms with van der Waals surface area (Å²) in [7, 11) is -3.85. The van der Waals surface area contributed by atoms with Gasteiger partial charge in [0.1, 0.15) is 12.6 Å². The molecule has 0 bridgehead atoms. The van der Waals surface area contributed by atoms with Gasteiger partial charge < -0.3 is 10.2 Å². The third-order valence-electron chi connectivity index (χ3n) is 5.21. The Morgan fingerprint density at radius 2 is 1.65 bits per heavy atom. The lowest BCUT2D eigenvalue weighted by atomic mass is 10.1. The maximum absolute atomic E-state index is 13.6. The molecule has 0 spiro atoms. The van der Waals surface area contributed by atoms with E-state index in [0.717, 1.165) is 10.6 Å². The number of hydrogen-bond acceptors (Lipinski definition) is 4. The zero-order chi connectivity index (χ0) is 25.6. The molecule has 0 saturated heterocycles. The van der Waals surface area contributed by atoms with Crippen LogP contribution < -0.4 is 9.62 Å². The lowest BCUT2D eigenvalue weighted by Crippen LogP contribution is -2.52. The van der Waals surface area contributed by atoms with Gasteiger partial charge in [-0.1, -0.05) is 53.9 Å². The van der Waals surface area contributed by atoms with E-state index in [4.69, 9.17) is 34.8 Å². The average Bonchev–Trinajstić information content (AvgIpc) is 2.74. The van der Waals surface area contributed by atoms with Gasteiger partial charge in [0.25, 0.3) is 0 Å². The smallest absolute Gasteiger partial charge is 0.244 e. The van der Waals surface area contributed by atoms with Crippen molar-refractivity contribution in [2.75, 3.05) is 23.7 Å². The topological polar surface area (TPSA) is 86.8 Å². The van der Waals surface area contributed by atoms with Crippen molar-refractivity contribution < 1.29 is 18.0 Å². The molecule has 2 rings (SSSR count). The van der Waals surface area contributed by atoms with Crippen LogP contribution in [0.15, 0.2) is 36.4 Å². The minimum absolute atomic E-state index is 0.00337. The standard InChI is InChI=1S/C23H28Cl3N3O4S/c1-5-20(23(31)27-6-2)28(13-16-8-10-17(24)11-19(16)26)22(30)14-29(34(4,32)33)21-12-18(25)9-7-15(21)3/h7-12,20H,5-6,13-14H2,1-4H3,(H,27,31)/t20-/m0/s1. The van der Waals surface area contributed by atoms with Crippen molar-refractivity contribution in [3.8, 4) is 0 Å². The summed E-state index contributed by atoms with van der Waals surface area (Å²) in [5.41, 5.74) is 1.50. The lowest BCUT2D eigenvalue weighted by molar-refractivity contribution is -0.140. The number of carbonyl (C=O) groups is 2. The molecule has 0 heterocycles. The fourth-order valence-corrected chi connectivity index (χ4v) is 5.02. The molecule has 186 valence electrons. The van der Waals surface area contributed by atoms with E-state index < -0.39 is 28.5 Å². The van der Waals surface area contributed by atoms with Crippen LogP contribution in [0.4, 0.5) is 5.69 Å². The van der Waals surface area contributed by atoms with Gasteiger partial charge in [0, 0.05) is 28.2 Å². The minimum Gasteiger partial charge on any atom is -0.355 e. The molecule has 0 aromatic heterocycles. The molecule has 34 heavy (non-hydrogen) atoms. The zero-order valence-electron chi connectivity index (χ0n) is 19.4. The second-order valence-corrected chi connectivity index (χ2v) is 11.0. The first-order chi connectivity index (χ1) is 15.9. The summed E-state index contributed by atoms with van der Waals surface area (Å²) < 4.78 is 26.3. The van der Waals surface area contributed by atoms with E-state index in [0.29, 0.717) is 44.8 Å². The molecule has 0 unspecified atom stereocenters. The van der Waals surface area contributed by atoms with Gasteiger partial charge in [-0.15, -0.1) is 0 Å². The highest BCUT2D eigenvalue weighted by Crippen LogP contribution is 2.28. The Kier molecular flexibility index (Phi) is 10.1. The van der Waals surface area contributed by atoms with Crippen LogP contribution >= 0.6 is 34.8 Å². The molecule has 0 aliphatic rings. The third kappa shape index (κ3) is 7.25. The third-order valence-corrected chi connectivity index (χ3v) is 7.16. The van der Waals surface area contributed by atoms with Crippen molar-refractivity contribution in [2.24, 2.45) is 0 Å². The summed E-state index contributed by atoms with van der Waals surface area (Å²) in [5, 5.41) is 3.84. The molecule has 1 atom stereocenters. The van der Waals surface area contributed by atoms with Crippen LogP contribution in [0.1, 0.15) is 31.4 Å². The number of halogens is 3. The predicted molar refractivity (Wildman–Crippen MR) is 138 cm³/mol. The van der Waals surface area contributed by atoms with Crippen LogP contribution in [0.2, 0.25) is 15.1 Å². The molecule has 0 fully saturated rings. The molecule has 7 nitrogen and oxygen atoms in total. The van der Waals surface area contributed by atoms with Crippen molar-refractivity contribution in [1.82, 2.24) is 10.2 Å². The molecule has 11 heteroatoms. The Bertz CT molecular complexity index is 1160. The van der Waals surface area contributed by atoms with Crippen LogP contribution in [-0.4, -0.2) is 50.5 Å². The molecule has 0 radical (unpaired) electrons. The summed E-state index contributed by atoms with van der Waals surface area (Å²) in [5.74, 6) is -0.901. The number of anilines is 1. The number of aryl methyl sites for hydroxylation is 1. The maximum Gasteiger partial charge on any atom is 0.244 e. The summed E-state index contributed by atoms with van der Waals surface area (Å²) in [6.45, 7) is 5.15. The Morgan fingerprint density at radius 1 is 1.03 bits per heavy atom. The largest absolute Gasteiger partial charge is 0.355 e. The highest BCUT2D eigenvalue weighted by molar-refractivity contribution is 7.92. The Labute approximate surface area is 216 Å². The highest BCUT2D eigenvalue weighted by atomic mass is 35.5. The van der Waals surface area contributed by atoms with Crippen molar-refractivity contribution in [1.29, 1.82) is 0 Å². The van der Waals surface area contributed by atoms with E-state index in [1.807, 2.05) is 0 Å². The summed E-state index contributed by atoms with van der Waals surface area (Å²) in [6.07, 6.45) is 1.33. The molecule has 1 N–H and O–H groups in total. The van der Waals surface area contributed by atoms with Crippen LogP contribution in [0.25, 0.3) is 0 Å². The van der Waals surface area contributed by atoms with Crippen molar-refractivity contribution >= 4 is 62.3 Å². The zero-order valence-corrected chi connectivity index (χ0v) is 22.5. The second-order valence-electron chi connectivity index (χ2n) is 7.78. The summed E-state index contributed by atoms with van der Waals surface area (Å²) in [6, 6.07) is 8.83. The van der Waals surface area contributed by atoms with Crippen LogP contribution in [0.3, 0.4) is 0 Å². The number of rotatable bonds is 10. The first-order valence-corrected chi connectivity index (χ1v) is 13.6. The number of carbonyl (C=O) groups excluding carboxylic acids is 2. The quantitative estimate of drug-likeness (QED) is 0.468. The number of benzene rings is 2. The van der Waals surface area contributed by atoms with Crippen LogP contribution in [0.5, 0.6) is 0 Å². The fourth-order valence-electron chi connectivity index (χ4n) is 3.49. The lowest BCUT2D eigenvalue weighted by Gasteiger charge is -2.33. The monoisotopic (exact) mass is 547 g/mol. The molecule has 2 aromatic rings. The van der Waals surface area contributed by atoms with Gasteiger partial charge >= 0.3 is 0 Å². The summed E-state index contributed by atoms with van der Waals surface area (Å²) >= 11 is 18.4. The van der Waals surface area contributed by atoms with Crippen LogP contribution in [-0.2, 0) is 26.2 Å². The number of hydrogen-bond donors (Lipinski definition) is 1. The number of likely N-dealkylation sites (N-methyl/N-ethyl adjacent to an activating group) is 1. The van der Waals surface area contributed by atoms with Crippen molar-refractivity contribution in [2.45, 2.75) is 39.8 Å². The second kappa shape index (κ2) is 12.1. The molecule has 2 amide bonds. The van der Waals surface area contributed by atoms with E-state index in [-0.39, 0.29) is 12.5 Å². The molecular weight excluding hydrogens is 521 g/mol. The van der Waals surface area contributed by atoms with Gasteiger partial charge in [-0.05, 0) is 55.7 Å². The maximum atomic E-state index is 13.6. The van der Waals surface area contributed by atoms with E-state index in [9.17, 15) is 18.0 Å². The first-order valence-electron chi connectivity index (χ1n) is 10.6. The number of amides is 2.